The second kappa shape index (κ2) is 7.38. The Hall–Kier alpha value is -1.66. The van der Waals surface area contributed by atoms with Crippen LogP contribution in [0.25, 0.3) is 5.69 Å². The van der Waals surface area contributed by atoms with Crippen molar-refractivity contribution in [2.45, 2.75) is 26.2 Å². The number of unbranched alkanes of at least 4 members (excludes halogenated alkanes) is 1. The predicted octanol–water partition coefficient (Wildman–Crippen LogP) is 2.13. The van der Waals surface area contributed by atoms with E-state index in [0.717, 1.165) is 17.7 Å². The van der Waals surface area contributed by atoms with Crippen LogP contribution in [0.3, 0.4) is 0 Å². The molecule has 0 aliphatic heterocycles. The van der Waals surface area contributed by atoms with Crippen LogP contribution in [0.2, 0.25) is 0 Å². The second-order valence-electron chi connectivity index (χ2n) is 4.93. The van der Waals surface area contributed by atoms with Gasteiger partial charge < -0.3 is 0 Å². The zero-order valence-electron chi connectivity index (χ0n) is 12.2. The molecule has 0 saturated heterocycles. The van der Waals surface area contributed by atoms with Crippen molar-refractivity contribution < 1.29 is 8.42 Å². The number of aromatic nitrogens is 2. The van der Waals surface area contributed by atoms with Gasteiger partial charge in [0.1, 0.15) is 0 Å². The molecule has 0 aliphatic carbocycles. The summed E-state index contributed by atoms with van der Waals surface area (Å²) in [6, 6.07) is 9.83. The lowest BCUT2D eigenvalue weighted by Crippen LogP contribution is -2.28. The molecule has 0 aliphatic rings. The smallest absolute Gasteiger partial charge is 0.211 e. The van der Waals surface area contributed by atoms with E-state index in [0.29, 0.717) is 19.4 Å². The van der Waals surface area contributed by atoms with Gasteiger partial charge in [-0.05, 0) is 36.6 Å². The monoisotopic (exact) mass is 307 g/mol. The minimum Gasteiger partial charge on any atom is -0.241 e. The number of sulfonamides is 1. The second-order valence-corrected chi connectivity index (χ2v) is 6.86. The predicted molar refractivity (Wildman–Crippen MR) is 84.0 cm³/mol. The van der Waals surface area contributed by atoms with E-state index in [2.05, 4.69) is 9.82 Å². The normalized spacial score (nSPS) is 11.7. The van der Waals surface area contributed by atoms with Crippen LogP contribution in [0.5, 0.6) is 0 Å². The third kappa shape index (κ3) is 4.99. The first-order chi connectivity index (χ1) is 10.1. The zero-order valence-corrected chi connectivity index (χ0v) is 13.0. The summed E-state index contributed by atoms with van der Waals surface area (Å²) in [6.45, 7) is 2.42. The van der Waals surface area contributed by atoms with Crippen molar-refractivity contribution in [1.29, 1.82) is 0 Å². The molecule has 21 heavy (non-hydrogen) atoms. The van der Waals surface area contributed by atoms with Crippen molar-refractivity contribution in [3.8, 4) is 5.69 Å². The molecule has 0 radical (unpaired) electrons. The van der Waals surface area contributed by atoms with E-state index >= 15 is 0 Å². The van der Waals surface area contributed by atoms with E-state index in [4.69, 9.17) is 0 Å². The van der Waals surface area contributed by atoms with Crippen LogP contribution in [0.4, 0.5) is 0 Å². The van der Waals surface area contributed by atoms with Gasteiger partial charge in [0.15, 0.2) is 0 Å². The summed E-state index contributed by atoms with van der Waals surface area (Å²) >= 11 is 0. The Morgan fingerprint density at radius 2 is 2.00 bits per heavy atom. The minimum atomic E-state index is -3.12. The Balaban J connectivity index is 1.84. The molecule has 0 unspecified atom stereocenters. The van der Waals surface area contributed by atoms with Gasteiger partial charge in [-0.15, -0.1) is 0 Å². The van der Waals surface area contributed by atoms with E-state index < -0.39 is 10.0 Å². The number of rotatable bonds is 8. The molecule has 0 bridgehead atoms. The van der Waals surface area contributed by atoms with E-state index in [1.807, 2.05) is 43.5 Å². The summed E-state index contributed by atoms with van der Waals surface area (Å²) in [6.07, 6.45) is 5.89. The standard InChI is InChI=1S/C15H21N3O2S/c1-2-3-13-21(19,20)17-11-9-14-5-7-15(8-6-14)18-12-4-10-16-18/h4-8,10,12,17H,2-3,9,11,13H2,1H3. The topological polar surface area (TPSA) is 64.0 Å². The molecule has 5 nitrogen and oxygen atoms in total. The van der Waals surface area contributed by atoms with Crippen LogP contribution in [-0.2, 0) is 16.4 Å². The van der Waals surface area contributed by atoms with Gasteiger partial charge in [0.25, 0.3) is 0 Å². The molecule has 0 saturated carbocycles. The first kappa shape index (κ1) is 15.7. The Bertz CT molecular complexity index is 634. The average molecular weight is 307 g/mol. The van der Waals surface area contributed by atoms with E-state index in [-0.39, 0.29) is 5.75 Å². The number of hydrogen-bond acceptors (Lipinski definition) is 3. The van der Waals surface area contributed by atoms with Gasteiger partial charge in [-0.1, -0.05) is 25.5 Å². The molecule has 0 atom stereocenters. The van der Waals surface area contributed by atoms with Gasteiger partial charge in [-0.2, -0.15) is 5.10 Å². The van der Waals surface area contributed by atoms with Crippen molar-refractivity contribution >= 4 is 10.0 Å². The first-order valence-corrected chi connectivity index (χ1v) is 8.82. The number of nitrogens with zero attached hydrogens (tertiary/aromatic N) is 2. The Morgan fingerprint density at radius 1 is 1.24 bits per heavy atom. The van der Waals surface area contributed by atoms with Crippen LogP contribution in [0.1, 0.15) is 25.3 Å². The lowest BCUT2D eigenvalue weighted by atomic mass is 10.1. The highest BCUT2D eigenvalue weighted by atomic mass is 32.2. The summed E-state index contributed by atoms with van der Waals surface area (Å²) < 4.78 is 27.8. The molecule has 0 spiro atoms. The van der Waals surface area contributed by atoms with Crippen molar-refractivity contribution in [3.63, 3.8) is 0 Å². The number of hydrogen-bond donors (Lipinski definition) is 1. The van der Waals surface area contributed by atoms with Gasteiger partial charge in [-0.3, -0.25) is 0 Å². The molecule has 1 aromatic heterocycles. The molecule has 1 aromatic carbocycles. The third-order valence-corrected chi connectivity index (χ3v) is 4.68. The molecular weight excluding hydrogens is 286 g/mol. The van der Waals surface area contributed by atoms with E-state index in [1.54, 1.807) is 10.9 Å². The molecule has 6 heteroatoms. The van der Waals surface area contributed by atoms with Crippen LogP contribution in [0.15, 0.2) is 42.7 Å². The fourth-order valence-electron chi connectivity index (χ4n) is 1.99. The maximum atomic E-state index is 11.7. The van der Waals surface area contributed by atoms with E-state index in [9.17, 15) is 8.42 Å². The van der Waals surface area contributed by atoms with E-state index in [1.165, 1.54) is 0 Å². The van der Waals surface area contributed by atoms with Crippen molar-refractivity contribution in [2.24, 2.45) is 0 Å². The molecule has 2 aromatic rings. The van der Waals surface area contributed by atoms with Crippen molar-refractivity contribution in [1.82, 2.24) is 14.5 Å². The highest BCUT2D eigenvalue weighted by Crippen LogP contribution is 2.09. The van der Waals surface area contributed by atoms with Crippen molar-refractivity contribution in [2.75, 3.05) is 12.3 Å². The molecule has 0 amide bonds. The highest BCUT2D eigenvalue weighted by molar-refractivity contribution is 7.89. The lowest BCUT2D eigenvalue weighted by Gasteiger charge is -2.07. The molecule has 1 N–H and O–H groups in total. The summed E-state index contributed by atoms with van der Waals surface area (Å²) in [5.41, 5.74) is 2.09. The Kier molecular flexibility index (Phi) is 5.52. The fourth-order valence-corrected chi connectivity index (χ4v) is 3.22. The third-order valence-electron chi connectivity index (χ3n) is 3.21. The number of benzene rings is 1. The molecular formula is C15H21N3O2S. The first-order valence-electron chi connectivity index (χ1n) is 7.17. The van der Waals surface area contributed by atoms with Gasteiger partial charge in [0.2, 0.25) is 10.0 Å². The summed E-state index contributed by atoms with van der Waals surface area (Å²) in [4.78, 5) is 0. The zero-order chi connectivity index (χ0) is 15.1. The molecule has 2 rings (SSSR count). The maximum Gasteiger partial charge on any atom is 0.211 e. The molecule has 114 valence electrons. The quantitative estimate of drug-likeness (QED) is 0.812. The van der Waals surface area contributed by atoms with Crippen molar-refractivity contribution in [3.05, 3.63) is 48.3 Å². The van der Waals surface area contributed by atoms with Crippen LogP contribution in [-0.4, -0.2) is 30.5 Å². The fraction of sp³-hybridized carbons (Fsp3) is 0.400. The average Bonchev–Trinajstić information content (AvgIpc) is 3.00. The Labute approximate surface area is 126 Å². The summed E-state index contributed by atoms with van der Waals surface area (Å²) in [7, 11) is -3.12. The Morgan fingerprint density at radius 3 is 2.62 bits per heavy atom. The van der Waals surface area contributed by atoms with Gasteiger partial charge >= 0.3 is 0 Å². The maximum absolute atomic E-state index is 11.7. The van der Waals surface area contributed by atoms with Gasteiger partial charge in [0, 0.05) is 18.9 Å². The highest BCUT2D eigenvalue weighted by Gasteiger charge is 2.08. The lowest BCUT2D eigenvalue weighted by molar-refractivity contribution is 0.578. The van der Waals surface area contributed by atoms with Crippen LogP contribution >= 0.6 is 0 Å². The van der Waals surface area contributed by atoms with Crippen LogP contribution < -0.4 is 4.72 Å². The summed E-state index contributed by atoms with van der Waals surface area (Å²) in [5.74, 6) is 0.210. The molecule has 1 heterocycles. The summed E-state index contributed by atoms with van der Waals surface area (Å²) in [5, 5.41) is 4.16. The SMILES string of the molecule is CCCCS(=O)(=O)NCCc1ccc(-n2cccn2)cc1. The largest absolute Gasteiger partial charge is 0.241 e. The van der Waals surface area contributed by atoms with Crippen LogP contribution in [0, 0.1) is 0 Å². The van der Waals surface area contributed by atoms with Gasteiger partial charge in [0.05, 0.1) is 11.4 Å². The molecule has 0 fully saturated rings. The minimum absolute atomic E-state index is 0.210. The number of nitrogens with one attached hydrogen (secondary N) is 1. The van der Waals surface area contributed by atoms with Gasteiger partial charge in [-0.25, -0.2) is 17.8 Å².